The molecular formula is C14H17BrClN3. The van der Waals surface area contributed by atoms with Crippen LogP contribution in [0, 0.1) is 6.92 Å². The average Bonchev–Trinajstić information content (AvgIpc) is 2.62. The molecule has 0 aliphatic heterocycles. The van der Waals surface area contributed by atoms with Gasteiger partial charge in [-0.2, -0.15) is 5.10 Å². The summed E-state index contributed by atoms with van der Waals surface area (Å²) in [6.45, 7) is 4.81. The Kier molecular flexibility index (Phi) is 4.53. The summed E-state index contributed by atoms with van der Waals surface area (Å²) in [4.78, 5) is 0. The fraction of sp³-hybridized carbons (Fsp3) is 0.357. The summed E-state index contributed by atoms with van der Waals surface area (Å²) in [6.07, 6.45) is 0.988. The highest BCUT2D eigenvalue weighted by Crippen LogP contribution is 2.24. The van der Waals surface area contributed by atoms with Crippen LogP contribution in [0.15, 0.2) is 22.7 Å². The van der Waals surface area contributed by atoms with Crippen molar-refractivity contribution >= 4 is 33.2 Å². The number of nitrogens with zero attached hydrogens (tertiary/aromatic N) is 2. The molecule has 0 atom stereocenters. The molecule has 19 heavy (non-hydrogen) atoms. The Labute approximate surface area is 127 Å². The van der Waals surface area contributed by atoms with E-state index in [2.05, 4.69) is 45.4 Å². The van der Waals surface area contributed by atoms with E-state index >= 15 is 0 Å². The highest BCUT2D eigenvalue weighted by atomic mass is 79.9. The number of hydrogen-bond donors (Lipinski definition) is 1. The third-order valence-electron chi connectivity index (χ3n) is 3.17. The summed E-state index contributed by atoms with van der Waals surface area (Å²) in [6, 6.07) is 6.27. The van der Waals surface area contributed by atoms with Crippen molar-refractivity contribution in [1.29, 1.82) is 0 Å². The van der Waals surface area contributed by atoms with Gasteiger partial charge in [-0.15, -0.1) is 0 Å². The number of hydrogen-bond acceptors (Lipinski definition) is 2. The standard InChI is InChI=1S/C14H17BrClN3/c1-4-10-7-11(15)5-6-13(10)17-8-12-9(2)18-19(3)14(12)16/h5-7,17H,4,8H2,1-3H3. The molecule has 3 nitrogen and oxygen atoms in total. The van der Waals surface area contributed by atoms with Gasteiger partial charge in [-0.3, -0.25) is 4.68 Å². The number of aromatic nitrogens is 2. The largest absolute Gasteiger partial charge is 0.381 e. The minimum absolute atomic E-state index is 0.688. The predicted molar refractivity (Wildman–Crippen MR) is 83.8 cm³/mol. The second-order valence-electron chi connectivity index (χ2n) is 4.49. The molecule has 2 aromatic rings. The molecule has 0 bridgehead atoms. The zero-order valence-electron chi connectivity index (χ0n) is 11.3. The highest BCUT2D eigenvalue weighted by molar-refractivity contribution is 9.10. The van der Waals surface area contributed by atoms with Crippen LogP contribution in [0.4, 0.5) is 5.69 Å². The van der Waals surface area contributed by atoms with Crippen LogP contribution >= 0.6 is 27.5 Å². The number of rotatable bonds is 4. The maximum Gasteiger partial charge on any atom is 0.131 e. The first-order valence-electron chi connectivity index (χ1n) is 6.23. The van der Waals surface area contributed by atoms with Crippen molar-refractivity contribution in [2.75, 3.05) is 5.32 Å². The van der Waals surface area contributed by atoms with Gasteiger partial charge in [0.1, 0.15) is 5.15 Å². The Morgan fingerprint density at radius 2 is 2.16 bits per heavy atom. The van der Waals surface area contributed by atoms with Crippen molar-refractivity contribution in [3.63, 3.8) is 0 Å². The van der Waals surface area contributed by atoms with Gasteiger partial charge in [0.2, 0.25) is 0 Å². The molecule has 2 rings (SSSR count). The van der Waals surface area contributed by atoms with Crippen molar-refractivity contribution in [3.05, 3.63) is 44.6 Å². The summed E-state index contributed by atoms with van der Waals surface area (Å²) < 4.78 is 2.81. The molecule has 0 fully saturated rings. The predicted octanol–water partition coefficient (Wildman–Crippen LogP) is 4.32. The van der Waals surface area contributed by atoms with Crippen molar-refractivity contribution in [1.82, 2.24) is 9.78 Å². The number of nitrogens with one attached hydrogen (secondary N) is 1. The van der Waals surface area contributed by atoms with Crippen molar-refractivity contribution < 1.29 is 0 Å². The molecule has 0 unspecified atom stereocenters. The second kappa shape index (κ2) is 5.97. The van der Waals surface area contributed by atoms with Crippen molar-refractivity contribution in [2.24, 2.45) is 7.05 Å². The first-order valence-corrected chi connectivity index (χ1v) is 7.40. The van der Waals surface area contributed by atoms with Crippen LogP contribution in [0.3, 0.4) is 0 Å². The van der Waals surface area contributed by atoms with E-state index in [0.29, 0.717) is 11.7 Å². The molecule has 0 aliphatic carbocycles. The summed E-state index contributed by atoms with van der Waals surface area (Å²) in [5.74, 6) is 0. The SMILES string of the molecule is CCc1cc(Br)ccc1NCc1c(C)nn(C)c1Cl. The lowest BCUT2D eigenvalue weighted by Gasteiger charge is -2.11. The van der Waals surface area contributed by atoms with Crippen LogP contribution in [0.1, 0.15) is 23.7 Å². The van der Waals surface area contributed by atoms with Gasteiger partial charge >= 0.3 is 0 Å². The minimum Gasteiger partial charge on any atom is -0.381 e. The molecule has 0 saturated heterocycles. The molecule has 1 N–H and O–H groups in total. The van der Waals surface area contributed by atoms with E-state index in [9.17, 15) is 0 Å². The summed E-state index contributed by atoms with van der Waals surface area (Å²) >= 11 is 9.73. The van der Waals surface area contributed by atoms with Crippen LogP contribution in [-0.2, 0) is 20.0 Å². The smallest absolute Gasteiger partial charge is 0.131 e. The Balaban J connectivity index is 2.19. The molecule has 0 spiro atoms. The number of halogens is 2. The average molecular weight is 343 g/mol. The molecule has 5 heteroatoms. The van der Waals surface area contributed by atoms with E-state index in [1.54, 1.807) is 4.68 Å². The van der Waals surface area contributed by atoms with E-state index in [1.807, 2.05) is 20.0 Å². The van der Waals surface area contributed by atoms with Gasteiger partial charge in [-0.25, -0.2) is 0 Å². The number of anilines is 1. The van der Waals surface area contributed by atoms with E-state index in [0.717, 1.165) is 27.8 Å². The fourth-order valence-electron chi connectivity index (χ4n) is 2.09. The Morgan fingerprint density at radius 1 is 1.42 bits per heavy atom. The molecule has 0 aliphatic rings. The summed E-state index contributed by atoms with van der Waals surface area (Å²) in [5.41, 5.74) is 4.45. The maximum absolute atomic E-state index is 6.23. The first-order chi connectivity index (χ1) is 9.02. The molecular weight excluding hydrogens is 326 g/mol. The molecule has 0 radical (unpaired) electrons. The number of aryl methyl sites for hydroxylation is 3. The van der Waals surface area contributed by atoms with Gasteiger partial charge in [-0.1, -0.05) is 34.5 Å². The molecule has 1 aromatic heterocycles. The third kappa shape index (κ3) is 3.12. The lowest BCUT2D eigenvalue weighted by molar-refractivity contribution is 0.757. The molecule has 102 valence electrons. The van der Waals surface area contributed by atoms with Gasteiger partial charge in [0.05, 0.1) is 5.69 Å². The first kappa shape index (κ1) is 14.4. The quantitative estimate of drug-likeness (QED) is 0.897. The topological polar surface area (TPSA) is 29.9 Å². The van der Waals surface area contributed by atoms with Crippen LogP contribution in [0.25, 0.3) is 0 Å². The van der Waals surface area contributed by atoms with Gasteiger partial charge < -0.3 is 5.32 Å². The van der Waals surface area contributed by atoms with Gasteiger partial charge in [0.15, 0.2) is 0 Å². The van der Waals surface area contributed by atoms with E-state index < -0.39 is 0 Å². The van der Waals surface area contributed by atoms with E-state index in [-0.39, 0.29) is 0 Å². The molecule has 0 saturated carbocycles. The second-order valence-corrected chi connectivity index (χ2v) is 5.76. The Morgan fingerprint density at radius 3 is 2.74 bits per heavy atom. The van der Waals surface area contributed by atoms with Crippen LogP contribution in [-0.4, -0.2) is 9.78 Å². The number of benzene rings is 1. The van der Waals surface area contributed by atoms with E-state index in [1.165, 1.54) is 5.56 Å². The lowest BCUT2D eigenvalue weighted by Crippen LogP contribution is -2.03. The zero-order chi connectivity index (χ0) is 14.0. The van der Waals surface area contributed by atoms with Crippen molar-refractivity contribution in [3.8, 4) is 0 Å². The van der Waals surface area contributed by atoms with Gasteiger partial charge in [0.25, 0.3) is 0 Å². The lowest BCUT2D eigenvalue weighted by atomic mass is 10.1. The van der Waals surface area contributed by atoms with Gasteiger partial charge in [-0.05, 0) is 37.1 Å². The van der Waals surface area contributed by atoms with Gasteiger partial charge in [0, 0.05) is 29.3 Å². The van der Waals surface area contributed by atoms with Crippen LogP contribution < -0.4 is 5.32 Å². The molecule has 1 aromatic carbocycles. The van der Waals surface area contributed by atoms with Crippen LogP contribution in [0.5, 0.6) is 0 Å². The third-order valence-corrected chi connectivity index (χ3v) is 4.14. The summed E-state index contributed by atoms with van der Waals surface area (Å²) in [5, 5.41) is 8.46. The Hall–Kier alpha value is -1.00. The fourth-order valence-corrected chi connectivity index (χ4v) is 2.74. The monoisotopic (exact) mass is 341 g/mol. The molecule has 1 heterocycles. The van der Waals surface area contributed by atoms with E-state index in [4.69, 9.17) is 11.6 Å². The Bertz CT molecular complexity index is 593. The maximum atomic E-state index is 6.23. The molecule has 0 amide bonds. The zero-order valence-corrected chi connectivity index (χ0v) is 13.6. The summed E-state index contributed by atoms with van der Waals surface area (Å²) in [7, 11) is 1.86. The minimum atomic E-state index is 0.688. The normalized spacial score (nSPS) is 10.8. The highest BCUT2D eigenvalue weighted by Gasteiger charge is 2.11. The van der Waals surface area contributed by atoms with Crippen LogP contribution in [0.2, 0.25) is 5.15 Å². The van der Waals surface area contributed by atoms with Crippen molar-refractivity contribution in [2.45, 2.75) is 26.8 Å².